The van der Waals surface area contributed by atoms with E-state index in [1.54, 1.807) is 0 Å². The van der Waals surface area contributed by atoms with Crippen molar-refractivity contribution >= 4 is 5.91 Å². The molecule has 3 rings (SSSR count). The van der Waals surface area contributed by atoms with Crippen LogP contribution in [0, 0.1) is 0 Å². The summed E-state index contributed by atoms with van der Waals surface area (Å²) in [5, 5.41) is 0. The van der Waals surface area contributed by atoms with Crippen molar-refractivity contribution in [2.45, 2.75) is 6.42 Å². The number of para-hydroxylation sites is 1. The molecule has 1 N–H and O–H groups in total. The predicted octanol–water partition coefficient (Wildman–Crippen LogP) is 2.34. The molecule has 3 nitrogen and oxygen atoms in total. The standard InChI is InChI=1S/C8H7NO2.C6H6/c10-8-5-6-3-1-2-4-7(6)11-9-8;1-2-4-6-5-3-1/h1-4H,5H2,(H,9,10);1-6H. The Morgan fingerprint density at radius 2 is 1.47 bits per heavy atom. The van der Waals surface area contributed by atoms with E-state index in [-0.39, 0.29) is 5.91 Å². The predicted molar refractivity (Wildman–Crippen MR) is 65.4 cm³/mol. The number of hydrogen-bond donors (Lipinski definition) is 1. The van der Waals surface area contributed by atoms with Crippen LogP contribution in [0.1, 0.15) is 5.56 Å². The minimum Gasteiger partial charge on any atom is -0.379 e. The van der Waals surface area contributed by atoms with E-state index in [4.69, 9.17) is 4.84 Å². The summed E-state index contributed by atoms with van der Waals surface area (Å²) in [6.07, 6.45) is 0.413. The monoisotopic (exact) mass is 227 g/mol. The van der Waals surface area contributed by atoms with Crippen LogP contribution < -0.4 is 10.3 Å². The lowest BCUT2D eigenvalue weighted by Crippen LogP contribution is -2.32. The summed E-state index contributed by atoms with van der Waals surface area (Å²) in [5.74, 6) is 0.649. The van der Waals surface area contributed by atoms with Crippen molar-refractivity contribution in [3.63, 3.8) is 0 Å². The van der Waals surface area contributed by atoms with Crippen molar-refractivity contribution < 1.29 is 9.63 Å². The summed E-state index contributed by atoms with van der Waals surface area (Å²) in [7, 11) is 0. The van der Waals surface area contributed by atoms with Crippen LogP contribution in [-0.2, 0) is 11.2 Å². The fraction of sp³-hybridized carbons (Fsp3) is 0.0714. The van der Waals surface area contributed by atoms with Gasteiger partial charge in [-0.3, -0.25) is 4.79 Å². The van der Waals surface area contributed by atoms with Crippen LogP contribution in [0.15, 0.2) is 60.7 Å². The number of hydroxylamine groups is 1. The van der Waals surface area contributed by atoms with E-state index in [2.05, 4.69) is 5.48 Å². The van der Waals surface area contributed by atoms with Crippen molar-refractivity contribution in [3.8, 4) is 5.75 Å². The maximum absolute atomic E-state index is 10.8. The van der Waals surface area contributed by atoms with Crippen molar-refractivity contribution in [1.29, 1.82) is 0 Å². The van der Waals surface area contributed by atoms with Gasteiger partial charge in [-0.15, -0.1) is 0 Å². The summed E-state index contributed by atoms with van der Waals surface area (Å²) >= 11 is 0. The van der Waals surface area contributed by atoms with E-state index in [1.165, 1.54) is 0 Å². The first-order chi connectivity index (χ1) is 8.36. The number of amides is 1. The van der Waals surface area contributed by atoms with Gasteiger partial charge in [0.1, 0.15) is 0 Å². The molecule has 0 aliphatic carbocycles. The molecule has 0 radical (unpaired) electrons. The summed E-state index contributed by atoms with van der Waals surface area (Å²) in [6, 6.07) is 19.5. The van der Waals surface area contributed by atoms with Gasteiger partial charge in [0.15, 0.2) is 5.75 Å². The summed E-state index contributed by atoms with van der Waals surface area (Å²) in [6.45, 7) is 0. The Balaban J connectivity index is 0.000000153. The van der Waals surface area contributed by atoms with E-state index < -0.39 is 0 Å². The van der Waals surface area contributed by atoms with Crippen LogP contribution in [0.2, 0.25) is 0 Å². The van der Waals surface area contributed by atoms with Gasteiger partial charge in [0.2, 0.25) is 0 Å². The van der Waals surface area contributed by atoms with Crippen LogP contribution in [0.25, 0.3) is 0 Å². The number of nitrogens with one attached hydrogen (secondary N) is 1. The molecular weight excluding hydrogens is 214 g/mol. The van der Waals surface area contributed by atoms with E-state index in [9.17, 15) is 4.79 Å². The van der Waals surface area contributed by atoms with Crippen molar-refractivity contribution in [2.24, 2.45) is 0 Å². The number of carbonyl (C=O) groups excluding carboxylic acids is 1. The third-order valence-electron chi connectivity index (χ3n) is 2.27. The SMILES string of the molecule is O=C1Cc2ccccc2ON1.c1ccccc1. The van der Waals surface area contributed by atoms with Gasteiger partial charge in [0.05, 0.1) is 6.42 Å². The Hall–Kier alpha value is -2.29. The Labute approximate surface area is 100.0 Å². The van der Waals surface area contributed by atoms with Crippen LogP contribution in [0.3, 0.4) is 0 Å². The molecule has 86 valence electrons. The summed E-state index contributed by atoms with van der Waals surface area (Å²) in [5.41, 5.74) is 3.24. The van der Waals surface area contributed by atoms with Gasteiger partial charge in [0.25, 0.3) is 5.91 Å². The lowest BCUT2D eigenvalue weighted by molar-refractivity contribution is -0.128. The molecule has 0 spiro atoms. The smallest absolute Gasteiger partial charge is 0.257 e. The second kappa shape index (κ2) is 5.70. The molecule has 1 aliphatic rings. The van der Waals surface area contributed by atoms with Crippen LogP contribution >= 0.6 is 0 Å². The largest absolute Gasteiger partial charge is 0.379 e. The molecular formula is C14H13NO2. The number of benzene rings is 2. The van der Waals surface area contributed by atoms with Gasteiger partial charge in [-0.2, -0.15) is 5.48 Å². The molecule has 1 heterocycles. The molecule has 1 amide bonds. The van der Waals surface area contributed by atoms with Crippen LogP contribution in [-0.4, -0.2) is 5.91 Å². The molecule has 0 saturated carbocycles. The van der Waals surface area contributed by atoms with Crippen molar-refractivity contribution in [1.82, 2.24) is 5.48 Å². The number of fused-ring (bicyclic) bond motifs is 1. The first-order valence-corrected chi connectivity index (χ1v) is 5.40. The second-order valence-corrected chi connectivity index (χ2v) is 3.57. The second-order valence-electron chi connectivity index (χ2n) is 3.57. The molecule has 0 unspecified atom stereocenters. The Kier molecular flexibility index (Phi) is 3.76. The molecule has 2 aromatic carbocycles. The van der Waals surface area contributed by atoms with Gasteiger partial charge in [-0.1, -0.05) is 54.6 Å². The molecule has 17 heavy (non-hydrogen) atoms. The minimum absolute atomic E-state index is 0.0938. The Morgan fingerprint density at radius 3 is 2.12 bits per heavy atom. The average molecular weight is 227 g/mol. The van der Waals surface area contributed by atoms with E-state index in [1.807, 2.05) is 60.7 Å². The first-order valence-electron chi connectivity index (χ1n) is 5.40. The highest BCUT2D eigenvalue weighted by molar-refractivity contribution is 5.79. The third-order valence-corrected chi connectivity index (χ3v) is 2.27. The number of carbonyl (C=O) groups is 1. The maximum atomic E-state index is 10.8. The molecule has 0 fully saturated rings. The molecule has 0 aromatic heterocycles. The summed E-state index contributed by atoms with van der Waals surface area (Å²) < 4.78 is 0. The molecule has 2 aromatic rings. The molecule has 0 saturated heterocycles. The topological polar surface area (TPSA) is 38.3 Å². The highest BCUT2D eigenvalue weighted by Crippen LogP contribution is 2.19. The quantitative estimate of drug-likeness (QED) is 0.750. The number of hydrogen-bond acceptors (Lipinski definition) is 2. The highest BCUT2D eigenvalue weighted by Gasteiger charge is 2.14. The number of rotatable bonds is 0. The van der Waals surface area contributed by atoms with E-state index in [0.717, 1.165) is 11.3 Å². The zero-order chi connectivity index (χ0) is 11.9. The third kappa shape index (κ3) is 3.34. The molecule has 1 aliphatic heterocycles. The fourth-order valence-electron chi connectivity index (χ4n) is 1.46. The van der Waals surface area contributed by atoms with Gasteiger partial charge >= 0.3 is 0 Å². The van der Waals surface area contributed by atoms with E-state index >= 15 is 0 Å². The zero-order valence-electron chi connectivity index (χ0n) is 9.30. The average Bonchev–Trinajstić information content (AvgIpc) is 2.41. The minimum atomic E-state index is -0.0938. The Morgan fingerprint density at radius 1 is 0.882 bits per heavy atom. The molecule has 0 bridgehead atoms. The van der Waals surface area contributed by atoms with Crippen molar-refractivity contribution in [2.75, 3.05) is 0 Å². The zero-order valence-corrected chi connectivity index (χ0v) is 9.30. The van der Waals surface area contributed by atoms with Gasteiger partial charge < -0.3 is 4.84 Å². The lowest BCUT2D eigenvalue weighted by atomic mass is 10.1. The van der Waals surface area contributed by atoms with Gasteiger partial charge in [-0.25, -0.2) is 0 Å². The van der Waals surface area contributed by atoms with Gasteiger partial charge in [-0.05, 0) is 6.07 Å². The van der Waals surface area contributed by atoms with E-state index in [0.29, 0.717) is 6.42 Å². The normalized spacial score (nSPS) is 12.4. The first kappa shape index (κ1) is 11.2. The Bertz CT molecular complexity index is 456. The fourth-order valence-corrected chi connectivity index (χ4v) is 1.46. The van der Waals surface area contributed by atoms with Crippen LogP contribution in [0.5, 0.6) is 5.75 Å². The lowest BCUT2D eigenvalue weighted by Gasteiger charge is -2.15. The maximum Gasteiger partial charge on any atom is 0.257 e. The molecule has 3 heteroatoms. The van der Waals surface area contributed by atoms with Gasteiger partial charge in [0, 0.05) is 5.56 Å². The van der Waals surface area contributed by atoms with Crippen molar-refractivity contribution in [3.05, 3.63) is 66.2 Å². The molecule has 0 atom stereocenters. The summed E-state index contributed by atoms with van der Waals surface area (Å²) in [4.78, 5) is 15.7. The highest BCUT2D eigenvalue weighted by atomic mass is 16.7. The van der Waals surface area contributed by atoms with Crippen LogP contribution in [0.4, 0.5) is 0 Å².